The number of amides is 1. The average molecular weight is 437 g/mol. The predicted octanol–water partition coefficient (Wildman–Crippen LogP) is 1.08. The topological polar surface area (TPSA) is 114 Å². The molecular formula is C19H20N2O6S2. The van der Waals surface area contributed by atoms with Gasteiger partial charge >= 0.3 is 5.97 Å². The molecule has 1 amide bonds. The van der Waals surface area contributed by atoms with E-state index in [0.717, 1.165) is 10.5 Å². The van der Waals surface area contributed by atoms with E-state index in [1.165, 1.54) is 24.5 Å². The fraction of sp³-hybridized carbons (Fsp3) is 0.421. The van der Waals surface area contributed by atoms with Crippen molar-refractivity contribution in [3.05, 3.63) is 52.5 Å². The van der Waals surface area contributed by atoms with Crippen LogP contribution in [0.1, 0.15) is 29.8 Å². The van der Waals surface area contributed by atoms with Crippen molar-refractivity contribution in [3.8, 4) is 0 Å². The summed E-state index contributed by atoms with van der Waals surface area (Å²) in [6.45, 7) is 0.931. The van der Waals surface area contributed by atoms with Crippen LogP contribution in [0.4, 0.5) is 0 Å². The molecule has 154 valence electrons. The SMILES string of the molecule is CC1(CCO)[C@H](C(=O)OCc2ccccc2)N2C(=O)C(c3nccs3)[C@H]2S1(=O)=O. The van der Waals surface area contributed by atoms with E-state index in [4.69, 9.17) is 4.74 Å². The van der Waals surface area contributed by atoms with Gasteiger partial charge in [-0.25, -0.2) is 18.2 Å². The molecule has 3 heterocycles. The minimum atomic E-state index is -3.96. The van der Waals surface area contributed by atoms with Gasteiger partial charge in [-0.3, -0.25) is 4.79 Å². The van der Waals surface area contributed by atoms with Crippen molar-refractivity contribution in [1.82, 2.24) is 9.88 Å². The van der Waals surface area contributed by atoms with Crippen molar-refractivity contribution in [1.29, 1.82) is 0 Å². The number of rotatable bonds is 6. The van der Waals surface area contributed by atoms with Gasteiger partial charge in [0.15, 0.2) is 21.3 Å². The minimum absolute atomic E-state index is 0.0337. The lowest BCUT2D eigenvalue weighted by atomic mass is 9.89. The number of β-lactam (4-membered cyclic amide) rings is 1. The van der Waals surface area contributed by atoms with Gasteiger partial charge in [-0.05, 0) is 18.9 Å². The molecule has 2 aliphatic heterocycles. The highest BCUT2D eigenvalue weighted by Crippen LogP contribution is 2.53. The summed E-state index contributed by atoms with van der Waals surface area (Å²) in [5.41, 5.74) is 0.748. The summed E-state index contributed by atoms with van der Waals surface area (Å²) in [6, 6.07) is 7.68. The zero-order valence-electron chi connectivity index (χ0n) is 15.6. The number of esters is 1. The maximum atomic E-state index is 13.4. The lowest BCUT2D eigenvalue weighted by molar-refractivity contribution is -0.164. The van der Waals surface area contributed by atoms with E-state index in [1.54, 1.807) is 29.6 Å². The number of aromatic nitrogens is 1. The largest absolute Gasteiger partial charge is 0.459 e. The Morgan fingerprint density at radius 2 is 2.07 bits per heavy atom. The van der Waals surface area contributed by atoms with Gasteiger partial charge in [-0.15, -0.1) is 11.3 Å². The molecule has 1 aromatic heterocycles. The Labute approximate surface area is 172 Å². The molecular weight excluding hydrogens is 416 g/mol. The van der Waals surface area contributed by atoms with Crippen molar-refractivity contribution >= 4 is 33.1 Å². The van der Waals surface area contributed by atoms with Crippen LogP contribution in [0.25, 0.3) is 0 Å². The number of thiazole rings is 1. The summed E-state index contributed by atoms with van der Waals surface area (Å²) in [4.78, 5) is 31.0. The zero-order chi connectivity index (χ0) is 20.8. The van der Waals surface area contributed by atoms with Gasteiger partial charge in [0.1, 0.15) is 22.3 Å². The molecule has 0 bridgehead atoms. The van der Waals surface area contributed by atoms with Crippen molar-refractivity contribution in [2.75, 3.05) is 6.61 Å². The van der Waals surface area contributed by atoms with Gasteiger partial charge < -0.3 is 14.7 Å². The van der Waals surface area contributed by atoms with Crippen molar-refractivity contribution in [3.63, 3.8) is 0 Å². The molecule has 2 aromatic rings. The predicted molar refractivity (Wildman–Crippen MR) is 105 cm³/mol. The van der Waals surface area contributed by atoms with Gasteiger partial charge in [0, 0.05) is 18.2 Å². The molecule has 4 rings (SSSR count). The molecule has 1 aromatic carbocycles. The van der Waals surface area contributed by atoms with E-state index in [9.17, 15) is 23.1 Å². The maximum Gasteiger partial charge on any atom is 0.330 e. The highest BCUT2D eigenvalue weighted by molar-refractivity contribution is 7.94. The summed E-state index contributed by atoms with van der Waals surface area (Å²) in [6.07, 6.45) is 1.33. The number of sulfone groups is 1. The number of nitrogens with zero attached hydrogens (tertiary/aromatic N) is 2. The van der Waals surface area contributed by atoms with Crippen LogP contribution < -0.4 is 0 Å². The highest BCUT2D eigenvalue weighted by atomic mass is 32.2. The number of aliphatic hydroxyl groups excluding tert-OH is 1. The van der Waals surface area contributed by atoms with Crippen LogP contribution in [0.5, 0.6) is 0 Å². The molecule has 8 nitrogen and oxygen atoms in total. The zero-order valence-corrected chi connectivity index (χ0v) is 17.2. The number of benzene rings is 1. The minimum Gasteiger partial charge on any atom is -0.459 e. The summed E-state index contributed by atoms with van der Waals surface area (Å²) in [7, 11) is -3.96. The van der Waals surface area contributed by atoms with Crippen LogP contribution in [0.2, 0.25) is 0 Å². The number of hydrogen-bond acceptors (Lipinski definition) is 8. The molecule has 0 radical (unpaired) electrons. The van der Waals surface area contributed by atoms with E-state index in [0.29, 0.717) is 5.01 Å². The summed E-state index contributed by atoms with van der Waals surface area (Å²) in [5, 5.41) is 10.4. The van der Waals surface area contributed by atoms with Crippen LogP contribution in [0.15, 0.2) is 41.9 Å². The number of hydrogen-bond donors (Lipinski definition) is 1. The first-order valence-electron chi connectivity index (χ1n) is 9.09. The number of aliphatic hydroxyl groups is 1. The molecule has 10 heteroatoms. The lowest BCUT2D eigenvalue weighted by Crippen LogP contribution is -2.62. The van der Waals surface area contributed by atoms with Crippen molar-refractivity contribution in [2.45, 2.75) is 42.0 Å². The molecule has 2 saturated heterocycles. The second-order valence-electron chi connectivity index (χ2n) is 7.31. The molecule has 0 saturated carbocycles. The van der Waals surface area contributed by atoms with Crippen LogP contribution in [-0.4, -0.2) is 58.1 Å². The molecule has 4 atom stereocenters. The smallest absolute Gasteiger partial charge is 0.330 e. The standard InChI is InChI=1S/C19H20N2O6S2/c1-19(7-9-22)14(18(24)27-11-12-5-3-2-4-6-12)21-16(23)13(15-20-8-10-28-15)17(21)29(19,25)26/h2-6,8,10,13-14,17,22H,7,9,11H2,1H3/t13?,14-,17+,19?/m0/s1. The molecule has 29 heavy (non-hydrogen) atoms. The third kappa shape index (κ3) is 2.89. The van der Waals surface area contributed by atoms with Crippen LogP contribution >= 0.6 is 11.3 Å². The van der Waals surface area contributed by atoms with Crippen LogP contribution in [0, 0.1) is 0 Å². The molecule has 2 fully saturated rings. The van der Waals surface area contributed by atoms with Crippen LogP contribution in [0.3, 0.4) is 0 Å². The molecule has 2 aliphatic rings. The van der Waals surface area contributed by atoms with E-state index in [-0.39, 0.29) is 13.0 Å². The Morgan fingerprint density at radius 1 is 1.34 bits per heavy atom. The van der Waals surface area contributed by atoms with Crippen molar-refractivity contribution < 1.29 is 27.9 Å². The third-order valence-electron chi connectivity index (χ3n) is 5.68. The van der Waals surface area contributed by atoms with E-state index >= 15 is 0 Å². The molecule has 0 spiro atoms. The fourth-order valence-corrected chi connectivity index (χ4v) is 7.52. The summed E-state index contributed by atoms with van der Waals surface area (Å²) in [5.74, 6) is -2.18. The second kappa shape index (κ2) is 7.19. The number of carbonyl (C=O) groups is 2. The Balaban J connectivity index is 1.67. The van der Waals surface area contributed by atoms with Crippen LogP contribution in [-0.2, 0) is 30.8 Å². The number of carbonyl (C=O) groups excluding carboxylic acids is 2. The average Bonchev–Trinajstić information content (AvgIpc) is 3.26. The summed E-state index contributed by atoms with van der Waals surface area (Å²) >= 11 is 1.20. The first-order valence-corrected chi connectivity index (χ1v) is 11.5. The molecule has 0 aliphatic carbocycles. The third-order valence-corrected chi connectivity index (χ3v) is 9.40. The van der Waals surface area contributed by atoms with Gasteiger partial charge in [0.05, 0.1) is 0 Å². The Morgan fingerprint density at radius 3 is 2.69 bits per heavy atom. The van der Waals surface area contributed by atoms with Gasteiger partial charge in [-0.2, -0.15) is 0 Å². The monoisotopic (exact) mass is 436 g/mol. The maximum absolute atomic E-state index is 13.4. The second-order valence-corrected chi connectivity index (χ2v) is 10.7. The Kier molecular flexibility index (Phi) is 4.96. The van der Waals surface area contributed by atoms with Gasteiger partial charge in [-0.1, -0.05) is 30.3 Å². The molecule has 1 N–H and O–H groups in total. The quantitative estimate of drug-likeness (QED) is 0.532. The Hall–Kier alpha value is -2.30. The highest BCUT2D eigenvalue weighted by Gasteiger charge is 2.74. The van der Waals surface area contributed by atoms with E-state index in [2.05, 4.69) is 4.98 Å². The molecule has 2 unspecified atom stereocenters. The first kappa shape index (κ1) is 20.0. The fourth-order valence-electron chi connectivity index (χ4n) is 4.10. The number of ether oxygens (including phenoxy) is 1. The van der Waals surface area contributed by atoms with Gasteiger partial charge in [0.25, 0.3) is 0 Å². The number of fused-ring (bicyclic) bond motifs is 1. The lowest BCUT2D eigenvalue weighted by Gasteiger charge is -2.42. The Bertz CT molecular complexity index is 1020. The van der Waals surface area contributed by atoms with E-state index < -0.39 is 50.4 Å². The first-order chi connectivity index (χ1) is 13.8. The van der Waals surface area contributed by atoms with Crippen molar-refractivity contribution in [2.24, 2.45) is 0 Å². The van der Waals surface area contributed by atoms with Gasteiger partial charge in [0.2, 0.25) is 5.91 Å². The summed E-state index contributed by atoms with van der Waals surface area (Å²) < 4.78 is 30.5. The van der Waals surface area contributed by atoms with E-state index in [1.807, 2.05) is 6.07 Å². The normalized spacial score (nSPS) is 29.9.